The Morgan fingerprint density at radius 3 is 2.54 bits per heavy atom. The predicted molar refractivity (Wildman–Crippen MR) is 75.5 cm³/mol. The van der Waals surface area contributed by atoms with Gasteiger partial charge in [0.05, 0.1) is 24.3 Å². The number of alkyl halides is 3. The number of methoxy groups -OCH3 is 1. The molecule has 0 radical (unpaired) electrons. The van der Waals surface area contributed by atoms with Gasteiger partial charge in [0.1, 0.15) is 5.56 Å². The number of nitrogens with zero attached hydrogens (tertiary/aromatic N) is 2. The number of benzene rings is 1. The van der Waals surface area contributed by atoms with E-state index in [1.54, 1.807) is 0 Å². The van der Waals surface area contributed by atoms with E-state index in [2.05, 4.69) is 4.98 Å². The molecule has 0 aliphatic carbocycles. The van der Waals surface area contributed by atoms with Gasteiger partial charge in [-0.25, -0.2) is 4.98 Å². The fraction of sp³-hybridized carbons (Fsp3) is 0.133. The van der Waals surface area contributed by atoms with Gasteiger partial charge >= 0.3 is 6.18 Å². The largest absolute Gasteiger partial charge is 0.493 e. The SMILES string of the molecule is COc1cc(C#N)ccc1Oc1ncc(C(F)(F)F)cc1C(N)=O. The number of halogens is 3. The highest BCUT2D eigenvalue weighted by Crippen LogP contribution is 2.35. The number of pyridine rings is 1. The Morgan fingerprint density at radius 2 is 2.00 bits per heavy atom. The van der Waals surface area contributed by atoms with Crippen molar-refractivity contribution >= 4 is 5.91 Å². The van der Waals surface area contributed by atoms with E-state index in [9.17, 15) is 18.0 Å². The van der Waals surface area contributed by atoms with Gasteiger partial charge in [0.2, 0.25) is 5.88 Å². The van der Waals surface area contributed by atoms with Gasteiger partial charge in [0, 0.05) is 12.3 Å². The van der Waals surface area contributed by atoms with E-state index in [4.69, 9.17) is 20.5 Å². The number of carbonyl (C=O) groups excluding carboxylic acids is 1. The van der Waals surface area contributed by atoms with Gasteiger partial charge in [-0.05, 0) is 18.2 Å². The number of ether oxygens (including phenoxy) is 2. The summed E-state index contributed by atoms with van der Waals surface area (Å²) in [7, 11) is 1.32. The number of amides is 1. The van der Waals surface area contributed by atoms with Crippen LogP contribution < -0.4 is 15.2 Å². The molecule has 1 aromatic carbocycles. The fourth-order valence-electron chi connectivity index (χ4n) is 1.79. The summed E-state index contributed by atoms with van der Waals surface area (Å²) < 4.78 is 48.5. The molecule has 0 unspecified atom stereocenters. The standard InChI is InChI=1S/C15H10F3N3O3/c1-23-12-4-8(6-19)2-3-11(12)24-14-10(13(20)22)5-9(7-21-14)15(16,17)18/h2-5,7H,1H3,(H2,20,22). The second kappa shape index (κ2) is 6.45. The van der Waals surface area contributed by atoms with Crippen LogP contribution in [-0.2, 0) is 6.18 Å². The molecule has 2 rings (SSSR count). The topological polar surface area (TPSA) is 98.2 Å². The normalized spacial score (nSPS) is 10.8. The van der Waals surface area contributed by atoms with E-state index in [1.807, 2.05) is 6.07 Å². The summed E-state index contributed by atoms with van der Waals surface area (Å²) in [6.45, 7) is 0. The van der Waals surface area contributed by atoms with E-state index in [-0.39, 0.29) is 17.1 Å². The first-order chi connectivity index (χ1) is 11.3. The van der Waals surface area contributed by atoms with Crippen molar-refractivity contribution in [3.8, 4) is 23.4 Å². The highest BCUT2D eigenvalue weighted by atomic mass is 19.4. The first kappa shape index (κ1) is 17.1. The molecule has 24 heavy (non-hydrogen) atoms. The van der Waals surface area contributed by atoms with E-state index < -0.39 is 29.1 Å². The minimum Gasteiger partial charge on any atom is -0.493 e. The number of nitriles is 1. The van der Waals surface area contributed by atoms with Gasteiger partial charge in [0.15, 0.2) is 11.5 Å². The van der Waals surface area contributed by atoms with Gasteiger partial charge in [0.25, 0.3) is 5.91 Å². The molecule has 1 heterocycles. The third-order valence-electron chi connectivity index (χ3n) is 2.94. The van der Waals surface area contributed by atoms with Crippen LogP contribution >= 0.6 is 0 Å². The number of hydrogen-bond donors (Lipinski definition) is 1. The lowest BCUT2D eigenvalue weighted by Crippen LogP contribution is -2.16. The summed E-state index contributed by atoms with van der Waals surface area (Å²) in [6, 6.07) is 6.59. The van der Waals surface area contributed by atoms with Crippen molar-refractivity contribution in [2.75, 3.05) is 7.11 Å². The Kier molecular flexibility index (Phi) is 4.59. The van der Waals surface area contributed by atoms with Crippen LogP contribution in [0, 0.1) is 11.3 Å². The minimum atomic E-state index is -4.68. The van der Waals surface area contributed by atoms with Crippen molar-refractivity contribution in [3.05, 3.63) is 47.2 Å². The van der Waals surface area contributed by atoms with Crippen molar-refractivity contribution in [2.45, 2.75) is 6.18 Å². The molecule has 6 nitrogen and oxygen atoms in total. The Labute approximate surface area is 134 Å². The number of hydrogen-bond acceptors (Lipinski definition) is 5. The average Bonchev–Trinajstić information content (AvgIpc) is 2.54. The molecule has 9 heteroatoms. The van der Waals surface area contributed by atoms with Crippen LogP contribution in [0.15, 0.2) is 30.5 Å². The van der Waals surface area contributed by atoms with Crippen LogP contribution in [-0.4, -0.2) is 18.0 Å². The minimum absolute atomic E-state index is 0.0614. The van der Waals surface area contributed by atoms with Crippen molar-refractivity contribution in [1.82, 2.24) is 4.98 Å². The van der Waals surface area contributed by atoms with E-state index >= 15 is 0 Å². The Hall–Kier alpha value is -3.28. The van der Waals surface area contributed by atoms with Crippen molar-refractivity contribution < 1.29 is 27.4 Å². The molecule has 0 aliphatic heterocycles. The maximum absolute atomic E-state index is 12.7. The lowest BCUT2D eigenvalue weighted by atomic mass is 10.2. The fourth-order valence-corrected chi connectivity index (χ4v) is 1.79. The highest BCUT2D eigenvalue weighted by Gasteiger charge is 2.32. The molecule has 0 atom stereocenters. The second-order valence-corrected chi connectivity index (χ2v) is 4.52. The van der Waals surface area contributed by atoms with Gasteiger partial charge in [-0.1, -0.05) is 0 Å². The molecular formula is C15H10F3N3O3. The van der Waals surface area contributed by atoms with Gasteiger partial charge < -0.3 is 15.2 Å². The molecule has 0 fully saturated rings. The molecule has 0 spiro atoms. The van der Waals surface area contributed by atoms with Crippen LogP contribution in [0.3, 0.4) is 0 Å². The van der Waals surface area contributed by atoms with E-state index in [0.717, 1.165) is 0 Å². The van der Waals surface area contributed by atoms with Crippen LogP contribution in [0.25, 0.3) is 0 Å². The lowest BCUT2D eigenvalue weighted by Gasteiger charge is -2.13. The van der Waals surface area contributed by atoms with Crippen LogP contribution in [0.4, 0.5) is 13.2 Å². The first-order valence-corrected chi connectivity index (χ1v) is 6.39. The van der Waals surface area contributed by atoms with Crippen molar-refractivity contribution in [1.29, 1.82) is 5.26 Å². The number of aromatic nitrogens is 1. The number of carbonyl (C=O) groups is 1. The van der Waals surface area contributed by atoms with E-state index in [1.165, 1.54) is 25.3 Å². The predicted octanol–water partition coefficient (Wildman–Crippen LogP) is 2.87. The maximum Gasteiger partial charge on any atom is 0.417 e. The highest BCUT2D eigenvalue weighted by molar-refractivity contribution is 5.95. The molecule has 2 aromatic rings. The third kappa shape index (κ3) is 3.55. The van der Waals surface area contributed by atoms with Crippen molar-refractivity contribution in [2.24, 2.45) is 5.73 Å². The molecule has 1 amide bonds. The summed E-state index contributed by atoms with van der Waals surface area (Å²) in [5, 5.41) is 8.84. The summed E-state index contributed by atoms with van der Waals surface area (Å²) in [5.41, 5.74) is 3.72. The lowest BCUT2D eigenvalue weighted by molar-refractivity contribution is -0.137. The van der Waals surface area contributed by atoms with Crippen LogP contribution in [0.2, 0.25) is 0 Å². The number of primary amides is 1. The zero-order valence-corrected chi connectivity index (χ0v) is 12.2. The van der Waals surface area contributed by atoms with Crippen molar-refractivity contribution in [3.63, 3.8) is 0 Å². The molecule has 2 N–H and O–H groups in total. The zero-order chi connectivity index (χ0) is 17.9. The number of nitrogens with two attached hydrogens (primary N) is 1. The molecule has 0 bridgehead atoms. The monoisotopic (exact) mass is 337 g/mol. The zero-order valence-electron chi connectivity index (χ0n) is 12.2. The second-order valence-electron chi connectivity index (χ2n) is 4.52. The first-order valence-electron chi connectivity index (χ1n) is 6.39. The van der Waals surface area contributed by atoms with Crippen LogP contribution in [0.1, 0.15) is 21.5 Å². The Bertz CT molecular complexity index is 829. The molecule has 0 aliphatic rings. The summed E-state index contributed by atoms with van der Waals surface area (Å²) in [4.78, 5) is 14.9. The Balaban J connectivity index is 2.47. The quantitative estimate of drug-likeness (QED) is 0.925. The average molecular weight is 337 g/mol. The maximum atomic E-state index is 12.7. The van der Waals surface area contributed by atoms with Crippen LogP contribution in [0.5, 0.6) is 17.4 Å². The molecular weight excluding hydrogens is 327 g/mol. The molecule has 124 valence electrons. The summed E-state index contributed by atoms with van der Waals surface area (Å²) in [6.07, 6.45) is -4.15. The summed E-state index contributed by atoms with van der Waals surface area (Å²) >= 11 is 0. The van der Waals surface area contributed by atoms with E-state index in [0.29, 0.717) is 12.3 Å². The third-order valence-corrected chi connectivity index (χ3v) is 2.94. The molecule has 0 saturated carbocycles. The van der Waals surface area contributed by atoms with Gasteiger partial charge in [-0.2, -0.15) is 18.4 Å². The van der Waals surface area contributed by atoms with Gasteiger partial charge in [-0.15, -0.1) is 0 Å². The number of rotatable bonds is 4. The molecule has 0 saturated heterocycles. The van der Waals surface area contributed by atoms with Gasteiger partial charge in [-0.3, -0.25) is 4.79 Å². The molecule has 1 aromatic heterocycles. The Morgan fingerprint density at radius 1 is 1.29 bits per heavy atom. The smallest absolute Gasteiger partial charge is 0.417 e. The summed E-state index contributed by atoms with van der Waals surface area (Å²) in [5.74, 6) is -1.33.